The first kappa shape index (κ1) is 16.3. The minimum Gasteiger partial charge on any atom is -0.492 e. The van der Waals surface area contributed by atoms with Gasteiger partial charge >= 0.3 is 0 Å². The van der Waals surface area contributed by atoms with Gasteiger partial charge in [0.25, 0.3) is 0 Å². The van der Waals surface area contributed by atoms with Crippen molar-refractivity contribution < 1.29 is 9.47 Å². The van der Waals surface area contributed by atoms with Crippen LogP contribution in [-0.4, -0.2) is 50.9 Å². The van der Waals surface area contributed by atoms with E-state index in [0.29, 0.717) is 6.04 Å². The number of morpholine rings is 1. The van der Waals surface area contributed by atoms with Crippen molar-refractivity contribution in [1.82, 2.24) is 10.2 Å². The van der Waals surface area contributed by atoms with Crippen molar-refractivity contribution in [3.05, 3.63) is 29.8 Å². The van der Waals surface area contributed by atoms with Gasteiger partial charge in [-0.25, -0.2) is 0 Å². The van der Waals surface area contributed by atoms with Crippen molar-refractivity contribution in [2.24, 2.45) is 0 Å². The average molecular weight is 292 g/mol. The molecule has 1 N–H and O–H groups in total. The van der Waals surface area contributed by atoms with Gasteiger partial charge in [0.05, 0.1) is 13.2 Å². The topological polar surface area (TPSA) is 33.7 Å². The fraction of sp³-hybridized carbons (Fsp3) is 0.647. The highest BCUT2D eigenvalue weighted by molar-refractivity contribution is 5.35. The molecule has 1 atom stereocenters. The first-order chi connectivity index (χ1) is 10.3. The molecule has 1 aliphatic heterocycles. The highest BCUT2D eigenvalue weighted by Crippen LogP contribution is 2.24. The maximum Gasteiger partial charge on any atom is 0.124 e. The van der Waals surface area contributed by atoms with Gasteiger partial charge < -0.3 is 14.8 Å². The van der Waals surface area contributed by atoms with Crippen LogP contribution in [0.25, 0.3) is 0 Å². The lowest BCUT2D eigenvalue weighted by molar-refractivity contribution is 0.0322. The summed E-state index contributed by atoms with van der Waals surface area (Å²) in [6.07, 6.45) is 1.14. The average Bonchev–Trinajstić information content (AvgIpc) is 2.54. The number of rotatable bonds is 8. The quantitative estimate of drug-likeness (QED) is 0.798. The number of ether oxygens (including phenoxy) is 2. The number of benzene rings is 1. The molecule has 1 heterocycles. The van der Waals surface area contributed by atoms with Crippen LogP contribution >= 0.6 is 0 Å². The van der Waals surface area contributed by atoms with Crippen LogP contribution in [0.1, 0.15) is 31.9 Å². The normalized spacial score (nSPS) is 17.6. The van der Waals surface area contributed by atoms with Crippen LogP contribution < -0.4 is 10.1 Å². The number of para-hydroxylation sites is 1. The van der Waals surface area contributed by atoms with Gasteiger partial charge in [0.2, 0.25) is 0 Å². The monoisotopic (exact) mass is 292 g/mol. The van der Waals surface area contributed by atoms with Crippen LogP contribution in [0.4, 0.5) is 0 Å². The van der Waals surface area contributed by atoms with E-state index in [2.05, 4.69) is 42.3 Å². The lowest BCUT2D eigenvalue weighted by Gasteiger charge is -2.26. The maximum atomic E-state index is 6.02. The Hall–Kier alpha value is -1.10. The third-order valence-corrected chi connectivity index (χ3v) is 3.85. The molecule has 0 aliphatic carbocycles. The van der Waals surface area contributed by atoms with Crippen LogP contribution in [-0.2, 0) is 4.74 Å². The van der Waals surface area contributed by atoms with Crippen molar-refractivity contribution in [2.75, 3.05) is 46.0 Å². The Morgan fingerprint density at radius 3 is 2.81 bits per heavy atom. The minimum absolute atomic E-state index is 0.324. The van der Waals surface area contributed by atoms with Crippen molar-refractivity contribution in [3.63, 3.8) is 0 Å². The molecule has 1 unspecified atom stereocenters. The Bertz CT molecular complexity index is 406. The van der Waals surface area contributed by atoms with Crippen LogP contribution in [0, 0.1) is 0 Å². The molecule has 1 aliphatic rings. The molecule has 0 saturated carbocycles. The Kier molecular flexibility index (Phi) is 7.00. The molecular weight excluding hydrogens is 264 g/mol. The highest BCUT2D eigenvalue weighted by atomic mass is 16.5. The molecule has 4 heteroatoms. The Labute approximate surface area is 128 Å². The Balaban J connectivity index is 1.84. The standard InChI is InChI=1S/C17H28N2O2/c1-3-8-18-15(2)16-6-4-5-7-17(16)21-14-11-19-9-12-20-13-10-19/h4-7,15,18H,3,8-14H2,1-2H3. The van der Waals surface area contributed by atoms with Gasteiger partial charge in [0.15, 0.2) is 0 Å². The number of hydrogen-bond donors (Lipinski definition) is 1. The van der Waals surface area contributed by atoms with E-state index in [4.69, 9.17) is 9.47 Å². The van der Waals surface area contributed by atoms with Crippen LogP contribution in [0.5, 0.6) is 5.75 Å². The largest absolute Gasteiger partial charge is 0.492 e. The van der Waals surface area contributed by atoms with Crippen LogP contribution in [0.15, 0.2) is 24.3 Å². The first-order valence-corrected chi connectivity index (χ1v) is 8.06. The molecule has 1 aromatic carbocycles. The van der Waals surface area contributed by atoms with Crippen LogP contribution in [0.2, 0.25) is 0 Å². The molecule has 118 valence electrons. The molecule has 2 rings (SSSR count). The molecule has 1 fully saturated rings. The van der Waals surface area contributed by atoms with Gasteiger partial charge in [-0.15, -0.1) is 0 Å². The first-order valence-electron chi connectivity index (χ1n) is 8.06. The summed E-state index contributed by atoms with van der Waals surface area (Å²) in [5, 5.41) is 3.52. The molecule has 0 bridgehead atoms. The van der Waals surface area contributed by atoms with Gasteiger partial charge in [0, 0.05) is 31.2 Å². The molecule has 0 spiro atoms. The second-order valence-corrected chi connectivity index (χ2v) is 5.52. The van der Waals surface area contributed by atoms with Gasteiger partial charge in [-0.2, -0.15) is 0 Å². The van der Waals surface area contributed by atoms with E-state index in [1.165, 1.54) is 5.56 Å². The van der Waals surface area contributed by atoms with Crippen molar-refractivity contribution in [3.8, 4) is 5.75 Å². The number of nitrogens with zero attached hydrogens (tertiary/aromatic N) is 1. The van der Waals surface area contributed by atoms with Crippen LogP contribution in [0.3, 0.4) is 0 Å². The molecule has 1 aromatic rings. The van der Waals surface area contributed by atoms with E-state index in [9.17, 15) is 0 Å². The third-order valence-electron chi connectivity index (χ3n) is 3.85. The summed E-state index contributed by atoms with van der Waals surface area (Å²) in [5.41, 5.74) is 1.24. The summed E-state index contributed by atoms with van der Waals surface area (Å²) in [7, 11) is 0. The van der Waals surface area contributed by atoms with E-state index in [-0.39, 0.29) is 0 Å². The van der Waals surface area contributed by atoms with Crippen molar-refractivity contribution >= 4 is 0 Å². The molecule has 21 heavy (non-hydrogen) atoms. The lowest BCUT2D eigenvalue weighted by atomic mass is 10.1. The summed E-state index contributed by atoms with van der Waals surface area (Å²) in [6, 6.07) is 8.66. The highest BCUT2D eigenvalue weighted by Gasteiger charge is 2.12. The molecular formula is C17H28N2O2. The van der Waals surface area contributed by atoms with E-state index in [1.807, 2.05) is 6.07 Å². The lowest BCUT2D eigenvalue weighted by Crippen LogP contribution is -2.38. The predicted octanol–water partition coefficient (Wildman–Crippen LogP) is 2.46. The Morgan fingerprint density at radius 1 is 1.29 bits per heavy atom. The smallest absolute Gasteiger partial charge is 0.124 e. The molecule has 0 aromatic heterocycles. The van der Waals surface area contributed by atoms with Gasteiger partial charge in [0.1, 0.15) is 12.4 Å². The van der Waals surface area contributed by atoms with Crippen molar-refractivity contribution in [1.29, 1.82) is 0 Å². The fourth-order valence-electron chi connectivity index (χ4n) is 2.55. The zero-order chi connectivity index (χ0) is 14.9. The molecule has 0 radical (unpaired) electrons. The van der Waals surface area contributed by atoms with Gasteiger partial charge in [-0.3, -0.25) is 4.90 Å². The van der Waals surface area contributed by atoms with E-state index >= 15 is 0 Å². The maximum absolute atomic E-state index is 6.02. The summed E-state index contributed by atoms with van der Waals surface area (Å²) < 4.78 is 11.4. The van der Waals surface area contributed by atoms with Gasteiger partial charge in [-0.05, 0) is 26.0 Å². The Morgan fingerprint density at radius 2 is 2.05 bits per heavy atom. The SMILES string of the molecule is CCCNC(C)c1ccccc1OCCN1CCOCC1. The molecule has 0 amide bonds. The second kappa shape index (κ2) is 9.03. The number of nitrogens with one attached hydrogen (secondary N) is 1. The zero-order valence-electron chi connectivity index (χ0n) is 13.3. The summed E-state index contributed by atoms with van der Waals surface area (Å²) in [6.45, 7) is 10.8. The van der Waals surface area contributed by atoms with E-state index < -0.39 is 0 Å². The second-order valence-electron chi connectivity index (χ2n) is 5.52. The predicted molar refractivity (Wildman–Crippen MR) is 85.9 cm³/mol. The van der Waals surface area contributed by atoms with E-state index in [1.54, 1.807) is 0 Å². The van der Waals surface area contributed by atoms with E-state index in [0.717, 1.165) is 58.2 Å². The van der Waals surface area contributed by atoms with Crippen molar-refractivity contribution in [2.45, 2.75) is 26.3 Å². The zero-order valence-corrected chi connectivity index (χ0v) is 13.3. The summed E-state index contributed by atoms with van der Waals surface area (Å²) in [5.74, 6) is 1.00. The summed E-state index contributed by atoms with van der Waals surface area (Å²) in [4.78, 5) is 2.39. The number of hydrogen-bond acceptors (Lipinski definition) is 4. The summed E-state index contributed by atoms with van der Waals surface area (Å²) >= 11 is 0. The molecule has 1 saturated heterocycles. The van der Waals surface area contributed by atoms with Gasteiger partial charge in [-0.1, -0.05) is 25.1 Å². The third kappa shape index (κ3) is 5.30. The fourth-order valence-corrected chi connectivity index (χ4v) is 2.55. The minimum atomic E-state index is 0.324. The molecule has 4 nitrogen and oxygen atoms in total.